The monoisotopic (exact) mass is 444 g/mol. The highest BCUT2D eigenvalue weighted by Gasteiger charge is 2.28. The Labute approximate surface area is 187 Å². The van der Waals surface area contributed by atoms with Crippen molar-refractivity contribution < 1.29 is 28.6 Å². The molecule has 0 atom stereocenters. The second-order valence-electron chi connectivity index (χ2n) is 8.99. The van der Waals surface area contributed by atoms with Gasteiger partial charge < -0.3 is 19.5 Å². The van der Waals surface area contributed by atoms with Crippen LogP contribution in [0.5, 0.6) is 5.88 Å². The topological polar surface area (TPSA) is 89.0 Å². The maximum absolute atomic E-state index is 14.3. The number of aromatic nitrogens is 1. The maximum Gasteiger partial charge on any atom is 0.410 e. The highest BCUT2D eigenvalue weighted by Crippen LogP contribution is 2.29. The van der Waals surface area contributed by atoms with Gasteiger partial charge in [0.2, 0.25) is 5.88 Å². The van der Waals surface area contributed by atoms with Crippen LogP contribution in [0.3, 0.4) is 0 Å². The van der Waals surface area contributed by atoms with Crippen LogP contribution >= 0.6 is 0 Å². The second kappa shape index (κ2) is 9.54. The molecule has 0 spiro atoms. The smallest absolute Gasteiger partial charge is 0.410 e. The van der Waals surface area contributed by atoms with Crippen molar-refractivity contribution in [2.24, 2.45) is 0 Å². The summed E-state index contributed by atoms with van der Waals surface area (Å²) in [6.07, 6.45) is 1.23. The molecule has 1 saturated heterocycles. The molecule has 8 heteroatoms. The van der Waals surface area contributed by atoms with Gasteiger partial charge in [0.1, 0.15) is 18.0 Å². The van der Waals surface area contributed by atoms with Crippen LogP contribution in [-0.2, 0) is 11.3 Å². The molecule has 1 fully saturated rings. The van der Waals surface area contributed by atoms with E-state index in [0.717, 1.165) is 24.6 Å². The lowest BCUT2D eigenvalue weighted by atomic mass is 9.93. The van der Waals surface area contributed by atoms with E-state index >= 15 is 0 Å². The fourth-order valence-corrected chi connectivity index (χ4v) is 3.66. The third kappa shape index (κ3) is 5.96. The second-order valence-corrected chi connectivity index (χ2v) is 8.99. The Morgan fingerprint density at radius 2 is 1.91 bits per heavy atom. The number of hydrogen-bond donors (Lipinski definition) is 1. The molecule has 0 aliphatic carbocycles. The van der Waals surface area contributed by atoms with Crippen LogP contribution in [0, 0.1) is 12.7 Å². The summed E-state index contributed by atoms with van der Waals surface area (Å²) >= 11 is 0. The molecule has 7 nitrogen and oxygen atoms in total. The first-order valence-corrected chi connectivity index (χ1v) is 10.6. The van der Waals surface area contributed by atoms with Gasteiger partial charge in [0.25, 0.3) is 0 Å². The molecule has 2 aromatic rings. The molecule has 32 heavy (non-hydrogen) atoms. The Kier molecular flexibility index (Phi) is 7.01. The Morgan fingerprint density at radius 1 is 1.22 bits per heavy atom. The van der Waals surface area contributed by atoms with Crippen LogP contribution in [-0.4, -0.2) is 45.7 Å². The van der Waals surface area contributed by atoms with Crippen LogP contribution in [0.1, 0.15) is 66.7 Å². The van der Waals surface area contributed by atoms with Crippen LogP contribution in [0.15, 0.2) is 30.3 Å². The average molecular weight is 445 g/mol. The van der Waals surface area contributed by atoms with E-state index in [0.29, 0.717) is 24.5 Å². The number of likely N-dealkylation sites (tertiary alicyclic amines) is 1. The zero-order valence-electron chi connectivity index (χ0n) is 18.9. The molecule has 0 radical (unpaired) electrons. The Morgan fingerprint density at radius 3 is 2.53 bits per heavy atom. The first-order valence-electron chi connectivity index (χ1n) is 10.6. The van der Waals surface area contributed by atoms with Crippen molar-refractivity contribution >= 4 is 12.1 Å². The van der Waals surface area contributed by atoms with Crippen molar-refractivity contribution in [1.82, 2.24) is 9.88 Å². The number of pyridine rings is 1. The van der Waals surface area contributed by atoms with E-state index in [2.05, 4.69) is 4.98 Å². The normalized spacial score (nSPS) is 14.8. The van der Waals surface area contributed by atoms with Gasteiger partial charge in [-0.3, -0.25) is 0 Å². The van der Waals surface area contributed by atoms with Crippen LogP contribution in [0.4, 0.5) is 9.18 Å². The van der Waals surface area contributed by atoms with Gasteiger partial charge in [0.15, 0.2) is 0 Å². The largest absolute Gasteiger partial charge is 0.478 e. The van der Waals surface area contributed by atoms with Gasteiger partial charge in [0.05, 0.1) is 5.56 Å². The summed E-state index contributed by atoms with van der Waals surface area (Å²) in [6.45, 7) is 8.29. The molecule has 1 aromatic heterocycles. The molecule has 1 aliphatic heterocycles. The highest BCUT2D eigenvalue weighted by atomic mass is 19.1. The Balaban J connectivity index is 1.60. The van der Waals surface area contributed by atoms with E-state index in [9.17, 15) is 14.0 Å². The van der Waals surface area contributed by atoms with Crippen LogP contribution in [0.2, 0.25) is 0 Å². The van der Waals surface area contributed by atoms with Crippen molar-refractivity contribution in [3.63, 3.8) is 0 Å². The SMILES string of the molecule is Cc1cc(COc2cccc(C3CCN(C(=O)OC(C)(C)C)CC3)n2)c(F)cc1C(=O)O. The van der Waals surface area contributed by atoms with Crippen LogP contribution < -0.4 is 4.74 Å². The first kappa shape index (κ1) is 23.5. The number of aromatic carboxylic acids is 1. The minimum atomic E-state index is -1.17. The third-order valence-corrected chi connectivity index (χ3v) is 5.31. The van der Waals surface area contributed by atoms with Gasteiger partial charge in [-0.15, -0.1) is 0 Å². The van der Waals surface area contributed by atoms with E-state index in [-0.39, 0.29) is 29.7 Å². The standard InChI is InChI=1S/C24H29FN2O5/c1-15-12-17(19(25)13-18(15)22(28)29)14-31-21-7-5-6-20(26-21)16-8-10-27(11-9-16)23(30)32-24(2,3)4/h5-7,12-13,16H,8-11,14H2,1-4H3,(H,28,29). The summed E-state index contributed by atoms with van der Waals surface area (Å²) in [6, 6.07) is 7.96. The average Bonchev–Trinajstić information content (AvgIpc) is 2.73. The van der Waals surface area contributed by atoms with Crippen molar-refractivity contribution in [3.05, 3.63) is 58.5 Å². The lowest BCUT2D eigenvalue weighted by Gasteiger charge is -2.33. The van der Waals surface area contributed by atoms with E-state index in [4.69, 9.17) is 14.6 Å². The van der Waals surface area contributed by atoms with Gasteiger partial charge in [-0.2, -0.15) is 0 Å². The van der Waals surface area contributed by atoms with E-state index in [1.165, 1.54) is 6.07 Å². The Bertz CT molecular complexity index is 994. The quantitative estimate of drug-likeness (QED) is 0.704. The number of nitrogens with zero attached hydrogens (tertiary/aromatic N) is 2. The van der Waals surface area contributed by atoms with E-state index in [1.807, 2.05) is 32.9 Å². The molecule has 2 heterocycles. The lowest BCUT2D eigenvalue weighted by molar-refractivity contribution is 0.0203. The summed E-state index contributed by atoms with van der Waals surface area (Å²) in [5.74, 6) is -1.23. The number of amides is 1. The van der Waals surface area contributed by atoms with Gasteiger partial charge in [-0.1, -0.05) is 6.07 Å². The molecule has 0 bridgehead atoms. The predicted octanol–water partition coefficient (Wildman–Crippen LogP) is 4.92. The van der Waals surface area contributed by atoms with Crippen LogP contribution in [0.25, 0.3) is 0 Å². The number of piperidine rings is 1. The number of hydrogen-bond acceptors (Lipinski definition) is 5. The summed E-state index contributed by atoms with van der Waals surface area (Å²) in [7, 11) is 0. The number of carbonyl (C=O) groups excluding carboxylic acids is 1. The number of ether oxygens (including phenoxy) is 2. The first-order chi connectivity index (χ1) is 15.0. The molecule has 0 saturated carbocycles. The fraction of sp³-hybridized carbons (Fsp3) is 0.458. The summed E-state index contributed by atoms with van der Waals surface area (Å²) in [5.41, 5.74) is 1.02. The molecule has 1 aliphatic rings. The molecular formula is C24H29FN2O5. The predicted molar refractivity (Wildman–Crippen MR) is 116 cm³/mol. The van der Waals surface area contributed by atoms with Crippen molar-refractivity contribution in [2.45, 2.75) is 58.7 Å². The summed E-state index contributed by atoms with van der Waals surface area (Å²) < 4.78 is 25.4. The molecule has 0 unspecified atom stereocenters. The van der Waals surface area contributed by atoms with Gasteiger partial charge in [-0.05, 0) is 64.3 Å². The zero-order valence-corrected chi connectivity index (χ0v) is 18.9. The number of benzene rings is 1. The number of rotatable bonds is 5. The summed E-state index contributed by atoms with van der Waals surface area (Å²) in [4.78, 5) is 29.7. The maximum atomic E-state index is 14.3. The van der Waals surface area contributed by atoms with Crippen molar-refractivity contribution in [2.75, 3.05) is 13.1 Å². The molecule has 1 aromatic carbocycles. The molecule has 1 amide bonds. The zero-order chi connectivity index (χ0) is 23.5. The molecule has 1 N–H and O–H groups in total. The van der Waals surface area contributed by atoms with Crippen molar-refractivity contribution in [1.29, 1.82) is 0 Å². The van der Waals surface area contributed by atoms with Gasteiger partial charge in [0, 0.05) is 36.3 Å². The van der Waals surface area contributed by atoms with Gasteiger partial charge >= 0.3 is 12.1 Å². The number of carboxylic acid groups (broad SMARTS) is 1. The Hall–Kier alpha value is -3.16. The number of aryl methyl sites for hydroxylation is 1. The molecular weight excluding hydrogens is 415 g/mol. The highest BCUT2D eigenvalue weighted by molar-refractivity contribution is 5.89. The summed E-state index contributed by atoms with van der Waals surface area (Å²) in [5, 5.41) is 9.10. The molecule has 3 rings (SSSR count). The minimum absolute atomic E-state index is 0.0554. The fourth-order valence-electron chi connectivity index (χ4n) is 3.66. The lowest BCUT2D eigenvalue weighted by Crippen LogP contribution is -2.41. The van der Waals surface area contributed by atoms with Crippen molar-refractivity contribution in [3.8, 4) is 5.88 Å². The number of halogens is 1. The number of carboxylic acids is 1. The van der Waals surface area contributed by atoms with E-state index < -0.39 is 17.4 Å². The number of carbonyl (C=O) groups is 2. The van der Waals surface area contributed by atoms with Gasteiger partial charge in [-0.25, -0.2) is 19.0 Å². The third-order valence-electron chi connectivity index (χ3n) is 5.31. The van der Waals surface area contributed by atoms with E-state index in [1.54, 1.807) is 17.9 Å². The minimum Gasteiger partial charge on any atom is -0.478 e. The molecule has 172 valence electrons.